The van der Waals surface area contributed by atoms with Gasteiger partial charge in [0.2, 0.25) is 11.8 Å². The Labute approximate surface area is 160 Å². The molecule has 2 aromatic carbocycles. The lowest BCUT2D eigenvalue weighted by Crippen LogP contribution is -2.38. The molecule has 1 saturated heterocycles. The van der Waals surface area contributed by atoms with Gasteiger partial charge in [-0.25, -0.2) is 0 Å². The Morgan fingerprint density at radius 1 is 0.778 bits per heavy atom. The summed E-state index contributed by atoms with van der Waals surface area (Å²) in [4.78, 5) is 28.9. The van der Waals surface area contributed by atoms with E-state index in [2.05, 4.69) is 24.3 Å². The Hall–Kier alpha value is -2.62. The summed E-state index contributed by atoms with van der Waals surface area (Å²) in [5.41, 5.74) is 3.38. The van der Waals surface area contributed by atoms with Gasteiger partial charge in [0.15, 0.2) is 0 Å². The average Bonchev–Trinajstić information content (AvgIpc) is 3.55. The van der Waals surface area contributed by atoms with Crippen LogP contribution in [0.5, 0.6) is 0 Å². The number of nitrogens with zero attached hydrogens (tertiary/aromatic N) is 2. The molecule has 1 aliphatic heterocycles. The SMILES string of the molecule is O=C(Cc1ccc(-c2ccccc2)cc1)N1CCCN(C(=O)C2CC2)CC1. The molecule has 4 nitrogen and oxygen atoms in total. The van der Waals surface area contributed by atoms with E-state index in [1.165, 1.54) is 5.56 Å². The van der Waals surface area contributed by atoms with Gasteiger partial charge in [0, 0.05) is 32.1 Å². The average molecular weight is 362 g/mol. The number of hydrogen-bond donors (Lipinski definition) is 0. The maximum atomic E-state index is 12.7. The summed E-state index contributed by atoms with van der Waals surface area (Å²) in [5, 5.41) is 0. The molecule has 2 fully saturated rings. The van der Waals surface area contributed by atoms with Crippen molar-refractivity contribution in [2.75, 3.05) is 26.2 Å². The summed E-state index contributed by atoms with van der Waals surface area (Å²) in [6.45, 7) is 2.85. The van der Waals surface area contributed by atoms with Crippen molar-refractivity contribution < 1.29 is 9.59 Å². The number of carbonyl (C=O) groups is 2. The molecule has 2 aromatic rings. The molecule has 2 aliphatic rings. The fourth-order valence-corrected chi connectivity index (χ4v) is 3.71. The van der Waals surface area contributed by atoms with Gasteiger partial charge in [0.05, 0.1) is 6.42 Å². The van der Waals surface area contributed by atoms with Crippen LogP contribution in [0, 0.1) is 5.92 Å². The Morgan fingerprint density at radius 3 is 2.11 bits per heavy atom. The molecule has 4 heteroatoms. The lowest BCUT2D eigenvalue weighted by molar-refractivity contribution is -0.134. The minimum Gasteiger partial charge on any atom is -0.341 e. The summed E-state index contributed by atoms with van der Waals surface area (Å²) in [5.74, 6) is 0.708. The highest BCUT2D eigenvalue weighted by molar-refractivity contribution is 5.82. The van der Waals surface area contributed by atoms with Crippen molar-refractivity contribution in [2.24, 2.45) is 5.92 Å². The molecule has 1 heterocycles. The molecule has 0 radical (unpaired) electrons. The summed E-state index contributed by atoms with van der Waals surface area (Å²) < 4.78 is 0. The zero-order chi connectivity index (χ0) is 18.6. The highest BCUT2D eigenvalue weighted by Gasteiger charge is 2.34. The van der Waals surface area contributed by atoms with Crippen LogP contribution in [-0.4, -0.2) is 47.8 Å². The van der Waals surface area contributed by atoms with Crippen LogP contribution >= 0.6 is 0 Å². The number of amides is 2. The zero-order valence-electron chi connectivity index (χ0n) is 15.6. The van der Waals surface area contributed by atoms with E-state index in [0.29, 0.717) is 25.4 Å². The van der Waals surface area contributed by atoms with Gasteiger partial charge in [-0.2, -0.15) is 0 Å². The fourth-order valence-electron chi connectivity index (χ4n) is 3.71. The third-order valence-electron chi connectivity index (χ3n) is 5.50. The van der Waals surface area contributed by atoms with Crippen molar-refractivity contribution in [3.05, 3.63) is 60.2 Å². The zero-order valence-corrected chi connectivity index (χ0v) is 15.6. The molecule has 0 bridgehead atoms. The third-order valence-corrected chi connectivity index (χ3v) is 5.50. The molecule has 140 valence electrons. The summed E-state index contributed by atoms with van der Waals surface area (Å²) in [6.07, 6.45) is 3.37. The van der Waals surface area contributed by atoms with Gasteiger partial charge in [-0.3, -0.25) is 9.59 Å². The predicted octanol–water partition coefficient (Wildman–Crippen LogP) is 3.37. The van der Waals surface area contributed by atoms with Gasteiger partial charge in [-0.15, -0.1) is 0 Å². The van der Waals surface area contributed by atoms with Gasteiger partial charge in [-0.05, 0) is 36.0 Å². The van der Waals surface area contributed by atoms with E-state index in [0.717, 1.165) is 43.5 Å². The molecule has 2 amide bonds. The maximum Gasteiger partial charge on any atom is 0.227 e. The highest BCUT2D eigenvalue weighted by atomic mass is 16.2. The molecule has 1 aliphatic carbocycles. The Kier molecular flexibility index (Phi) is 5.23. The number of hydrogen-bond acceptors (Lipinski definition) is 2. The molecular weight excluding hydrogens is 336 g/mol. The van der Waals surface area contributed by atoms with Gasteiger partial charge in [-0.1, -0.05) is 54.6 Å². The van der Waals surface area contributed by atoms with Crippen molar-refractivity contribution >= 4 is 11.8 Å². The van der Waals surface area contributed by atoms with Crippen molar-refractivity contribution in [3.63, 3.8) is 0 Å². The van der Waals surface area contributed by atoms with Crippen LogP contribution < -0.4 is 0 Å². The number of rotatable bonds is 4. The minimum absolute atomic E-state index is 0.156. The minimum atomic E-state index is 0.156. The van der Waals surface area contributed by atoms with E-state index >= 15 is 0 Å². The summed E-state index contributed by atoms with van der Waals surface area (Å²) in [7, 11) is 0. The van der Waals surface area contributed by atoms with Crippen LogP contribution in [0.2, 0.25) is 0 Å². The molecule has 0 spiro atoms. The number of benzene rings is 2. The first kappa shape index (κ1) is 17.8. The topological polar surface area (TPSA) is 40.6 Å². The molecule has 0 unspecified atom stereocenters. The van der Waals surface area contributed by atoms with Crippen LogP contribution in [0.4, 0.5) is 0 Å². The molecule has 0 atom stereocenters. The summed E-state index contributed by atoms with van der Waals surface area (Å²) in [6, 6.07) is 18.5. The van der Waals surface area contributed by atoms with Crippen LogP contribution in [0.3, 0.4) is 0 Å². The Balaban J connectivity index is 1.34. The van der Waals surface area contributed by atoms with Crippen molar-refractivity contribution in [3.8, 4) is 11.1 Å². The van der Waals surface area contributed by atoms with Crippen LogP contribution in [0.25, 0.3) is 11.1 Å². The largest absolute Gasteiger partial charge is 0.341 e. The molecule has 27 heavy (non-hydrogen) atoms. The third kappa shape index (κ3) is 4.38. The molecule has 1 saturated carbocycles. The smallest absolute Gasteiger partial charge is 0.227 e. The lowest BCUT2D eigenvalue weighted by Gasteiger charge is -2.22. The first-order valence-corrected chi connectivity index (χ1v) is 9.91. The van der Waals surface area contributed by atoms with Gasteiger partial charge in [0.1, 0.15) is 0 Å². The van der Waals surface area contributed by atoms with Crippen LogP contribution in [0.15, 0.2) is 54.6 Å². The van der Waals surface area contributed by atoms with Gasteiger partial charge >= 0.3 is 0 Å². The monoisotopic (exact) mass is 362 g/mol. The standard InChI is InChI=1S/C23H26N2O2/c26-22(24-13-4-14-25(16-15-24)23(27)21-11-12-21)17-18-7-9-20(10-8-18)19-5-2-1-3-6-19/h1-3,5-10,21H,4,11-17H2. The summed E-state index contributed by atoms with van der Waals surface area (Å²) >= 11 is 0. The second-order valence-electron chi connectivity index (χ2n) is 7.57. The van der Waals surface area contributed by atoms with Gasteiger partial charge < -0.3 is 9.80 Å². The van der Waals surface area contributed by atoms with Crippen molar-refractivity contribution in [2.45, 2.75) is 25.7 Å². The first-order chi connectivity index (χ1) is 13.2. The van der Waals surface area contributed by atoms with E-state index in [9.17, 15) is 9.59 Å². The maximum absolute atomic E-state index is 12.7. The Bertz CT molecular complexity index is 797. The van der Waals surface area contributed by atoms with Crippen LogP contribution in [-0.2, 0) is 16.0 Å². The van der Waals surface area contributed by atoms with E-state index in [1.807, 2.05) is 40.1 Å². The van der Waals surface area contributed by atoms with E-state index in [4.69, 9.17) is 0 Å². The highest BCUT2D eigenvalue weighted by Crippen LogP contribution is 2.31. The quantitative estimate of drug-likeness (QED) is 0.837. The van der Waals surface area contributed by atoms with E-state index < -0.39 is 0 Å². The van der Waals surface area contributed by atoms with E-state index in [1.54, 1.807) is 0 Å². The molecular formula is C23H26N2O2. The van der Waals surface area contributed by atoms with Crippen molar-refractivity contribution in [1.29, 1.82) is 0 Å². The second-order valence-corrected chi connectivity index (χ2v) is 7.57. The Morgan fingerprint density at radius 2 is 1.41 bits per heavy atom. The van der Waals surface area contributed by atoms with Crippen LogP contribution in [0.1, 0.15) is 24.8 Å². The lowest BCUT2D eigenvalue weighted by atomic mass is 10.0. The van der Waals surface area contributed by atoms with E-state index in [-0.39, 0.29) is 11.8 Å². The van der Waals surface area contributed by atoms with Gasteiger partial charge in [0.25, 0.3) is 0 Å². The predicted molar refractivity (Wildman–Crippen MR) is 106 cm³/mol. The fraction of sp³-hybridized carbons (Fsp3) is 0.391. The second kappa shape index (κ2) is 7.95. The molecule has 0 aromatic heterocycles. The molecule has 4 rings (SSSR count). The van der Waals surface area contributed by atoms with Crippen molar-refractivity contribution in [1.82, 2.24) is 9.80 Å². The first-order valence-electron chi connectivity index (χ1n) is 9.91. The molecule has 0 N–H and O–H groups in total. The normalized spacial score (nSPS) is 17.5. The number of carbonyl (C=O) groups excluding carboxylic acids is 2.